The highest BCUT2D eigenvalue weighted by Gasteiger charge is 2.20. The molecule has 0 saturated heterocycles. The quantitative estimate of drug-likeness (QED) is 0.0320. The van der Waals surface area contributed by atoms with E-state index in [1.807, 2.05) is 0 Å². The molecule has 6 heteroatoms. The Balaban J connectivity index is 3.39. The summed E-state index contributed by atoms with van der Waals surface area (Å²) >= 11 is 0. The molecule has 3 N–H and O–H groups in total. The number of hydrogen-bond acceptors (Lipinski definition) is 5. The Morgan fingerprint density at radius 2 is 0.543 bits per heavy atom. The van der Waals surface area contributed by atoms with Crippen molar-refractivity contribution in [1.29, 1.82) is 0 Å². The maximum absolute atomic E-state index is 12.6. The third-order valence-electron chi connectivity index (χ3n) is 19.6. The molecule has 0 aliphatic rings. The zero-order valence-corrected chi connectivity index (χ0v) is 62.3. The molecule has 0 aromatic heterocycles. The first kappa shape index (κ1) is 89.8. The van der Waals surface area contributed by atoms with Crippen molar-refractivity contribution in [2.45, 2.75) is 475 Å². The van der Waals surface area contributed by atoms with Crippen molar-refractivity contribution >= 4 is 11.9 Å². The monoisotopic (exact) mass is 1290 g/mol. The maximum atomic E-state index is 12.6. The SMILES string of the molecule is CCCCC/C=C\C/C=C\CCCCCCCCCCCC(=O)OCCCCCCCCCCC/C=C\C/C=C\CCCCCCCCCCCCCCCCCC(=O)NC(CO)C(O)CCCCCCCCCCCCCCCCCCCCCCCCCCC. The summed E-state index contributed by atoms with van der Waals surface area (Å²) in [5.74, 6) is -0.0188. The fraction of sp³-hybridized carbons (Fsp3) is 0.884. The molecule has 6 nitrogen and oxygen atoms in total. The number of allylic oxidation sites excluding steroid dienone is 8. The topological polar surface area (TPSA) is 95.9 Å². The van der Waals surface area contributed by atoms with E-state index in [0.29, 0.717) is 25.9 Å². The molecule has 0 saturated carbocycles. The maximum Gasteiger partial charge on any atom is 0.305 e. The Hall–Kier alpha value is -2.18. The van der Waals surface area contributed by atoms with Crippen LogP contribution in [0.5, 0.6) is 0 Å². The first-order valence-corrected chi connectivity index (χ1v) is 41.9. The third kappa shape index (κ3) is 76.8. The molecule has 0 rings (SSSR count). The predicted molar refractivity (Wildman–Crippen MR) is 407 cm³/mol. The first-order chi connectivity index (χ1) is 45.5. The van der Waals surface area contributed by atoms with Crippen LogP contribution in [0.15, 0.2) is 48.6 Å². The van der Waals surface area contributed by atoms with Gasteiger partial charge in [0.25, 0.3) is 0 Å². The molecule has 0 aliphatic heterocycles. The third-order valence-corrected chi connectivity index (χ3v) is 19.6. The van der Waals surface area contributed by atoms with E-state index in [9.17, 15) is 19.8 Å². The van der Waals surface area contributed by atoms with E-state index in [1.54, 1.807) is 0 Å². The largest absolute Gasteiger partial charge is 0.466 e. The van der Waals surface area contributed by atoms with Crippen molar-refractivity contribution in [3.8, 4) is 0 Å². The van der Waals surface area contributed by atoms with Crippen molar-refractivity contribution in [1.82, 2.24) is 5.32 Å². The van der Waals surface area contributed by atoms with Gasteiger partial charge in [0.1, 0.15) is 0 Å². The second-order valence-corrected chi connectivity index (χ2v) is 28.8. The summed E-state index contributed by atoms with van der Waals surface area (Å²) in [7, 11) is 0. The van der Waals surface area contributed by atoms with Crippen LogP contribution < -0.4 is 5.32 Å². The first-order valence-electron chi connectivity index (χ1n) is 41.9. The highest BCUT2D eigenvalue weighted by Crippen LogP contribution is 2.20. The molecule has 0 aliphatic carbocycles. The van der Waals surface area contributed by atoms with Crippen molar-refractivity contribution in [2.24, 2.45) is 0 Å². The van der Waals surface area contributed by atoms with Gasteiger partial charge in [-0.3, -0.25) is 9.59 Å². The predicted octanol–water partition coefficient (Wildman–Crippen LogP) is 27.9. The van der Waals surface area contributed by atoms with Gasteiger partial charge < -0.3 is 20.3 Å². The van der Waals surface area contributed by atoms with Gasteiger partial charge in [0.2, 0.25) is 5.91 Å². The summed E-state index contributed by atoms with van der Waals surface area (Å²) in [6.45, 7) is 4.97. The van der Waals surface area contributed by atoms with Gasteiger partial charge in [-0.1, -0.05) is 409 Å². The second kappa shape index (κ2) is 81.2. The van der Waals surface area contributed by atoms with Crippen LogP contribution in [0.4, 0.5) is 0 Å². The lowest BCUT2D eigenvalue weighted by Gasteiger charge is -2.22. The summed E-state index contributed by atoms with van der Waals surface area (Å²) in [5, 5.41) is 23.5. The van der Waals surface area contributed by atoms with Gasteiger partial charge in [-0.25, -0.2) is 0 Å². The number of amides is 1. The van der Waals surface area contributed by atoms with Crippen molar-refractivity contribution < 1.29 is 24.5 Å². The lowest BCUT2D eigenvalue weighted by molar-refractivity contribution is -0.143. The molecule has 0 fully saturated rings. The minimum atomic E-state index is -0.666. The van der Waals surface area contributed by atoms with Gasteiger partial charge in [-0.2, -0.15) is 0 Å². The number of hydrogen-bond donors (Lipinski definition) is 3. The number of aliphatic hydroxyl groups is 2. The molecular formula is C86H163NO5. The van der Waals surface area contributed by atoms with E-state index >= 15 is 0 Å². The highest BCUT2D eigenvalue weighted by atomic mass is 16.5. The number of ether oxygens (including phenoxy) is 1. The van der Waals surface area contributed by atoms with Gasteiger partial charge in [-0.05, 0) is 89.9 Å². The Labute approximate surface area is 576 Å². The van der Waals surface area contributed by atoms with Crippen LogP contribution in [0, 0.1) is 0 Å². The molecule has 0 radical (unpaired) electrons. The summed E-state index contributed by atoms with van der Waals surface area (Å²) < 4.78 is 5.51. The molecular weight excluding hydrogens is 1130 g/mol. The molecule has 2 unspecified atom stereocenters. The van der Waals surface area contributed by atoms with Crippen LogP contribution in [0.1, 0.15) is 463 Å². The zero-order chi connectivity index (χ0) is 66.3. The highest BCUT2D eigenvalue weighted by molar-refractivity contribution is 5.76. The second-order valence-electron chi connectivity index (χ2n) is 28.8. The van der Waals surface area contributed by atoms with E-state index < -0.39 is 12.1 Å². The fourth-order valence-corrected chi connectivity index (χ4v) is 13.2. The number of rotatable bonds is 79. The van der Waals surface area contributed by atoms with E-state index in [0.717, 1.165) is 57.8 Å². The standard InChI is InChI=1S/C86H163NO5/c1-3-5-7-9-11-13-15-17-19-21-23-24-25-33-36-39-43-46-50-54-58-62-66-70-74-78-84(89)83(82-88)87-85(90)79-75-71-67-63-59-55-51-47-44-40-37-34-31-29-27-26-28-30-32-35-38-41-45-49-53-57-61-65-69-73-77-81-92-86(91)80-76-72-68-64-60-56-52-48-42-22-20-18-16-14-12-10-8-6-4-2/h12,14,18,20,28,30,35,38,83-84,88-89H,3-11,13,15-17,19,21-27,29,31-34,36-37,39-82H2,1-2H3,(H,87,90)/b14-12-,20-18-,30-28-,38-35-. The van der Waals surface area contributed by atoms with Gasteiger partial charge in [0.05, 0.1) is 25.4 Å². The molecule has 0 bridgehead atoms. The average molecular weight is 1290 g/mol. The number of carbonyl (C=O) groups is 2. The van der Waals surface area contributed by atoms with Gasteiger partial charge in [-0.15, -0.1) is 0 Å². The Bertz CT molecular complexity index is 1540. The smallest absolute Gasteiger partial charge is 0.305 e. The van der Waals surface area contributed by atoms with Crippen molar-refractivity contribution in [3.05, 3.63) is 48.6 Å². The van der Waals surface area contributed by atoms with Crippen LogP contribution in [0.3, 0.4) is 0 Å². The average Bonchev–Trinajstić information content (AvgIpc) is 3.60. The van der Waals surface area contributed by atoms with Crippen LogP contribution in [-0.2, 0) is 14.3 Å². The normalized spacial score (nSPS) is 12.7. The Morgan fingerprint density at radius 1 is 0.304 bits per heavy atom. The Kier molecular flexibility index (Phi) is 79.3. The van der Waals surface area contributed by atoms with Gasteiger partial charge in [0, 0.05) is 12.8 Å². The molecule has 0 spiro atoms. The van der Waals surface area contributed by atoms with E-state index in [2.05, 4.69) is 67.8 Å². The van der Waals surface area contributed by atoms with Crippen molar-refractivity contribution in [2.75, 3.05) is 13.2 Å². The molecule has 92 heavy (non-hydrogen) atoms. The van der Waals surface area contributed by atoms with Crippen LogP contribution in [-0.4, -0.2) is 47.4 Å². The van der Waals surface area contributed by atoms with E-state index in [4.69, 9.17) is 4.74 Å². The molecule has 0 heterocycles. The number of carbonyl (C=O) groups excluding carboxylic acids is 2. The number of esters is 1. The number of unbranched alkanes of at least 4 members (excludes halogenated alkanes) is 60. The molecule has 542 valence electrons. The van der Waals surface area contributed by atoms with E-state index in [1.165, 1.54) is 372 Å². The summed E-state index contributed by atoms with van der Waals surface area (Å²) in [4.78, 5) is 24.7. The van der Waals surface area contributed by atoms with Crippen LogP contribution in [0.2, 0.25) is 0 Å². The molecule has 2 atom stereocenters. The Morgan fingerprint density at radius 3 is 0.848 bits per heavy atom. The fourth-order valence-electron chi connectivity index (χ4n) is 13.2. The summed E-state index contributed by atoms with van der Waals surface area (Å²) in [6, 6.07) is -0.544. The number of aliphatic hydroxyl groups excluding tert-OH is 2. The summed E-state index contributed by atoms with van der Waals surface area (Å²) in [5.41, 5.74) is 0. The van der Waals surface area contributed by atoms with Gasteiger partial charge in [0.15, 0.2) is 0 Å². The lowest BCUT2D eigenvalue weighted by Crippen LogP contribution is -2.45. The molecule has 0 aromatic rings. The summed E-state index contributed by atoms with van der Waals surface area (Å²) in [6.07, 6.45) is 108. The molecule has 1 amide bonds. The van der Waals surface area contributed by atoms with Crippen LogP contribution in [0.25, 0.3) is 0 Å². The van der Waals surface area contributed by atoms with E-state index in [-0.39, 0.29) is 18.5 Å². The van der Waals surface area contributed by atoms with Gasteiger partial charge >= 0.3 is 5.97 Å². The zero-order valence-electron chi connectivity index (χ0n) is 62.3. The lowest BCUT2D eigenvalue weighted by atomic mass is 10.0. The van der Waals surface area contributed by atoms with Crippen molar-refractivity contribution in [3.63, 3.8) is 0 Å². The minimum Gasteiger partial charge on any atom is -0.466 e. The molecule has 0 aromatic carbocycles. The van der Waals surface area contributed by atoms with Crippen LogP contribution >= 0.6 is 0 Å². The minimum absolute atomic E-state index is 0.0102. The number of nitrogens with one attached hydrogen (secondary N) is 1.